The second-order valence-corrected chi connectivity index (χ2v) is 2.18. The molecule has 12 heavy (non-hydrogen) atoms. The van der Waals surface area contributed by atoms with E-state index in [0.29, 0.717) is 0 Å². The highest BCUT2D eigenvalue weighted by Gasteiger charge is 2.27. The maximum absolute atomic E-state index is 9.79. The lowest BCUT2D eigenvalue weighted by Gasteiger charge is -2.14. The van der Waals surface area contributed by atoms with Crippen molar-refractivity contribution in [1.29, 1.82) is 0 Å². The number of carbonyl (C=O) groups excluding carboxylic acids is 1. The van der Waals surface area contributed by atoms with Crippen molar-refractivity contribution in [1.82, 2.24) is 0 Å². The highest BCUT2D eigenvalue weighted by atomic mass is 16.7. The molecule has 0 radical (unpaired) electrons. The summed E-state index contributed by atoms with van der Waals surface area (Å²) in [7, 11) is 0. The van der Waals surface area contributed by atoms with Crippen molar-refractivity contribution in [2.75, 3.05) is 0 Å². The monoisotopic (exact) mass is 172 g/mol. The molecule has 0 spiro atoms. The van der Waals surface area contributed by atoms with Gasteiger partial charge in [0.05, 0.1) is 0 Å². The minimum Gasteiger partial charge on any atom is -0.504 e. The first-order chi connectivity index (χ1) is 5.65. The molecule has 1 aliphatic heterocycles. The zero-order chi connectivity index (χ0) is 9.14. The van der Waals surface area contributed by atoms with Gasteiger partial charge in [-0.05, 0) is 0 Å². The highest BCUT2D eigenvalue weighted by Crippen LogP contribution is 2.21. The van der Waals surface area contributed by atoms with Gasteiger partial charge >= 0.3 is 0 Å². The van der Waals surface area contributed by atoms with Gasteiger partial charge in [0.2, 0.25) is 6.29 Å². The van der Waals surface area contributed by atoms with Crippen molar-refractivity contribution in [3.05, 3.63) is 24.2 Å². The standard InChI is InChI=1S/C7H8O5/c1-4-5(9)2-6(12-4)7(10)11-3-8/h2-3,6-7,9-10H,1H2/t6-,7-/m0/s1. The van der Waals surface area contributed by atoms with E-state index in [1.54, 1.807) is 0 Å². The summed E-state index contributed by atoms with van der Waals surface area (Å²) in [5, 5.41) is 18.0. The molecule has 0 unspecified atom stereocenters. The van der Waals surface area contributed by atoms with Gasteiger partial charge in [0.15, 0.2) is 17.6 Å². The maximum Gasteiger partial charge on any atom is 0.295 e. The van der Waals surface area contributed by atoms with Crippen molar-refractivity contribution in [2.45, 2.75) is 12.4 Å². The Morgan fingerprint density at radius 2 is 2.50 bits per heavy atom. The molecule has 1 heterocycles. The Kier molecular flexibility index (Phi) is 2.35. The van der Waals surface area contributed by atoms with Crippen LogP contribution in [0.3, 0.4) is 0 Å². The fourth-order valence-electron chi connectivity index (χ4n) is 0.782. The topological polar surface area (TPSA) is 76.0 Å². The van der Waals surface area contributed by atoms with Crippen LogP contribution < -0.4 is 0 Å². The van der Waals surface area contributed by atoms with E-state index < -0.39 is 12.4 Å². The predicted octanol–water partition coefficient (Wildman–Crippen LogP) is -0.168. The van der Waals surface area contributed by atoms with Gasteiger partial charge in [-0.15, -0.1) is 0 Å². The Morgan fingerprint density at radius 1 is 1.83 bits per heavy atom. The molecule has 66 valence electrons. The molecular formula is C7H8O5. The first kappa shape index (κ1) is 8.61. The minimum atomic E-state index is -1.41. The fraction of sp³-hybridized carbons (Fsp3) is 0.286. The lowest BCUT2D eigenvalue weighted by atomic mass is 10.3. The lowest BCUT2D eigenvalue weighted by Crippen LogP contribution is -2.26. The van der Waals surface area contributed by atoms with Crippen LogP contribution in [0.5, 0.6) is 0 Å². The van der Waals surface area contributed by atoms with Crippen LogP contribution >= 0.6 is 0 Å². The molecule has 2 N–H and O–H groups in total. The van der Waals surface area contributed by atoms with Gasteiger partial charge in [-0.1, -0.05) is 6.58 Å². The van der Waals surface area contributed by atoms with Crippen LogP contribution in [0.2, 0.25) is 0 Å². The molecule has 0 saturated heterocycles. The molecule has 0 amide bonds. The molecular weight excluding hydrogens is 164 g/mol. The molecule has 0 aromatic rings. The minimum absolute atomic E-state index is 0.0496. The largest absolute Gasteiger partial charge is 0.504 e. The van der Waals surface area contributed by atoms with Crippen LogP contribution in [0.4, 0.5) is 0 Å². The van der Waals surface area contributed by atoms with Crippen molar-refractivity contribution >= 4 is 6.47 Å². The predicted molar refractivity (Wildman–Crippen MR) is 37.9 cm³/mol. The third kappa shape index (κ3) is 1.57. The Morgan fingerprint density at radius 3 is 2.92 bits per heavy atom. The third-order valence-electron chi connectivity index (χ3n) is 1.36. The summed E-state index contributed by atoms with van der Waals surface area (Å²) in [6.07, 6.45) is -1.08. The molecule has 0 saturated carbocycles. The van der Waals surface area contributed by atoms with Gasteiger partial charge < -0.3 is 19.7 Å². The fourth-order valence-corrected chi connectivity index (χ4v) is 0.782. The van der Waals surface area contributed by atoms with Gasteiger partial charge in [0, 0.05) is 6.08 Å². The Labute approximate surface area is 68.5 Å². The molecule has 5 heteroatoms. The van der Waals surface area contributed by atoms with E-state index in [2.05, 4.69) is 11.3 Å². The van der Waals surface area contributed by atoms with E-state index in [1.807, 2.05) is 0 Å². The molecule has 0 bridgehead atoms. The molecule has 1 aliphatic rings. The quantitative estimate of drug-likeness (QED) is 0.456. The van der Waals surface area contributed by atoms with Crippen LogP contribution in [0.1, 0.15) is 0 Å². The summed E-state index contributed by atoms with van der Waals surface area (Å²) in [5.41, 5.74) is 0. The van der Waals surface area contributed by atoms with E-state index in [9.17, 15) is 4.79 Å². The van der Waals surface area contributed by atoms with Crippen molar-refractivity contribution in [3.8, 4) is 0 Å². The first-order valence-corrected chi connectivity index (χ1v) is 3.19. The Hall–Kier alpha value is -1.49. The van der Waals surface area contributed by atoms with E-state index in [0.717, 1.165) is 0 Å². The summed E-state index contributed by atoms with van der Waals surface area (Å²) < 4.78 is 8.99. The van der Waals surface area contributed by atoms with E-state index in [-0.39, 0.29) is 18.0 Å². The molecule has 1 rings (SSSR count). The van der Waals surface area contributed by atoms with Crippen LogP contribution in [0, 0.1) is 0 Å². The highest BCUT2D eigenvalue weighted by molar-refractivity contribution is 5.37. The second kappa shape index (κ2) is 3.27. The Balaban J connectivity index is 2.56. The smallest absolute Gasteiger partial charge is 0.295 e. The van der Waals surface area contributed by atoms with Gasteiger partial charge in [0.25, 0.3) is 6.47 Å². The zero-order valence-corrected chi connectivity index (χ0v) is 6.14. The summed E-state index contributed by atoms with van der Waals surface area (Å²) in [6.45, 7) is 3.43. The zero-order valence-electron chi connectivity index (χ0n) is 6.14. The molecule has 2 atom stereocenters. The number of hydrogen-bond acceptors (Lipinski definition) is 5. The van der Waals surface area contributed by atoms with Crippen LogP contribution in [-0.2, 0) is 14.3 Å². The van der Waals surface area contributed by atoms with Gasteiger partial charge in [-0.2, -0.15) is 0 Å². The number of rotatable bonds is 3. The maximum atomic E-state index is 9.79. The molecule has 0 aliphatic carbocycles. The van der Waals surface area contributed by atoms with Gasteiger partial charge in [0.1, 0.15) is 0 Å². The average molecular weight is 172 g/mol. The van der Waals surface area contributed by atoms with E-state index in [4.69, 9.17) is 14.9 Å². The van der Waals surface area contributed by atoms with Crippen molar-refractivity contribution < 1.29 is 24.5 Å². The van der Waals surface area contributed by atoms with Crippen LogP contribution in [0.15, 0.2) is 24.2 Å². The van der Waals surface area contributed by atoms with Crippen LogP contribution in [-0.4, -0.2) is 29.1 Å². The number of ether oxygens (including phenoxy) is 2. The molecule has 0 aromatic carbocycles. The van der Waals surface area contributed by atoms with Crippen molar-refractivity contribution in [3.63, 3.8) is 0 Å². The second-order valence-electron chi connectivity index (χ2n) is 2.18. The summed E-state index contributed by atoms with van der Waals surface area (Å²) in [4.78, 5) is 9.79. The third-order valence-corrected chi connectivity index (χ3v) is 1.36. The molecule has 5 nitrogen and oxygen atoms in total. The number of carbonyl (C=O) groups is 1. The normalized spacial score (nSPS) is 24.2. The van der Waals surface area contributed by atoms with E-state index >= 15 is 0 Å². The Bertz CT molecular complexity index is 232. The van der Waals surface area contributed by atoms with E-state index in [1.165, 1.54) is 6.08 Å². The number of aliphatic hydroxyl groups excluding tert-OH is 2. The molecule has 0 fully saturated rings. The van der Waals surface area contributed by atoms with Gasteiger partial charge in [-0.25, -0.2) is 0 Å². The number of aliphatic hydroxyl groups is 2. The summed E-state index contributed by atoms with van der Waals surface area (Å²) in [5.74, 6) is -0.109. The SMILES string of the molecule is C=C1O[C@H]([C@@H](O)OC=O)C=C1O. The van der Waals surface area contributed by atoms with Crippen molar-refractivity contribution in [2.24, 2.45) is 0 Å². The molecule has 0 aromatic heterocycles. The summed E-state index contributed by atoms with van der Waals surface area (Å²) in [6, 6.07) is 0. The van der Waals surface area contributed by atoms with Gasteiger partial charge in [-0.3, -0.25) is 4.79 Å². The average Bonchev–Trinajstić information content (AvgIpc) is 2.33. The lowest BCUT2D eigenvalue weighted by molar-refractivity contribution is -0.166. The summed E-state index contributed by atoms with van der Waals surface area (Å²) >= 11 is 0. The number of hydrogen-bond donors (Lipinski definition) is 2. The van der Waals surface area contributed by atoms with Crippen LogP contribution in [0.25, 0.3) is 0 Å². The first-order valence-electron chi connectivity index (χ1n) is 3.19.